The molecule has 0 fully saturated rings. The highest BCUT2D eigenvalue weighted by molar-refractivity contribution is 6.35. The normalized spacial score (nSPS) is 26.5. The number of fused-ring (bicyclic) bond motifs is 2. The Morgan fingerprint density at radius 2 is 2.08 bits per heavy atom. The lowest BCUT2D eigenvalue weighted by Gasteiger charge is -2.40. The minimum absolute atomic E-state index is 0.185. The van der Waals surface area contributed by atoms with E-state index in [2.05, 4.69) is 5.10 Å². The van der Waals surface area contributed by atoms with E-state index in [0.717, 1.165) is 5.69 Å². The molecule has 2 heterocycles. The number of aryl methyl sites for hydroxylation is 1. The quantitative estimate of drug-likeness (QED) is 0.863. The molecule has 0 saturated heterocycles. The van der Waals surface area contributed by atoms with Crippen LogP contribution in [0.3, 0.4) is 0 Å². The van der Waals surface area contributed by atoms with Gasteiger partial charge >= 0.3 is 0 Å². The molecule has 0 saturated carbocycles. The van der Waals surface area contributed by atoms with E-state index in [9.17, 15) is 9.90 Å². The largest absolute Gasteiger partial charge is 0.496 e. The summed E-state index contributed by atoms with van der Waals surface area (Å²) in [6, 6.07) is 1.55. The first-order valence-electron chi connectivity index (χ1n) is 8.23. The number of hydrogen-bond donors (Lipinski definition) is 1. The van der Waals surface area contributed by atoms with Gasteiger partial charge in [-0.2, -0.15) is 5.10 Å². The van der Waals surface area contributed by atoms with E-state index in [-0.39, 0.29) is 28.0 Å². The third-order valence-electron chi connectivity index (χ3n) is 5.47. The van der Waals surface area contributed by atoms with Crippen molar-refractivity contribution >= 4 is 17.4 Å². The van der Waals surface area contributed by atoms with Crippen LogP contribution in [0.2, 0.25) is 5.02 Å². The molecular weight excluding hydrogens is 360 g/mol. The molecule has 0 radical (unpaired) electrons. The van der Waals surface area contributed by atoms with Gasteiger partial charge in [-0.1, -0.05) is 18.5 Å². The molecule has 1 aliphatic carbocycles. The first-order valence-corrected chi connectivity index (χ1v) is 8.61. The summed E-state index contributed by atoms with van der Waals surface area (Å²) in [6.07, 6.45) is 0.952. The maximum Gasteiger partial charge on any atom is 0.217 e. The molecule has 1 aromatic heterocycles. The molecule has 1 N–H and O–H groups in total. The van der Waals surface area contributed by atoms with Gasteiger partial charge in [0.2, 0.25) is 11.4 Å². The van der Waals surface area contributed by atoms with Crippen LogP contribution in [0, 0.1) is 5.92 Å². The van der Waals surface area contributed by atoms with Gasteiger partial charge in [0.05, 0.1) is 20.4 Å². The van der Waals surface area contributed by atoms with Crippen molar-refractivity contribution in [3.63, 3.8) is 0 Å². The fourth-order valence-corrected chi connectivity index (χ4v) is 4.29. The minimum Gasteiger partial charge on any atom is -0.496 e. The monoisotopic (exact) mass is 378 g/mol. The number of benzene rings is 1. The molecule has 4 rings (SSSR count). The lowest BCUT2D eigenvalue weighted by molar-refractivity contribution is -0.0640. The number of halogens is 1. The van der Waals surface area contributed by atoms with E-state index in [1.54, 1.807) is 16.9 Å². The van der Waals surface area contributed by atoms with Crippen LogP contribution in [0.25, 0.3) is 0 Å². The van der Waals surface area contributed by atoms with Crippen molar-refractivity contribution in [3.05, 3.63) is 34.1 Å². The molecule has 26 heavy (non-hydrogen) atoms. The highest BCUT2D eigenvalue weighted by Gasteiger charge is 2.61. The number of Topliss-reactive ketones (excluding diaryl/α,β-unsaturated/α-hetero) is 1. The third kappa shape index (κ3) is 1.92. The van der Waals surface area contributed by atoms with Crippen molar-refractivity contribution in [1.29, 1.82) is 0 Å². The van der Waals surface area contributed by atoms with Crippen LogP contribution in [0.1, 0.15) is 34.6 Å². The summed E-state index contributed by atoms with van der Waals surface area (Å²) in [6.45, 7) is 1.88. The topological polar surface area (TPSA) is 82.8 Å². The number of rotatable bonds is 2. The van der Waals surface area contributed by atoms with Crippen LogP contribution in [0.5, 0.6) is 17.2 Å². The lowest BCUT2D eigenvalue weighted by atomic mass is 9.70. The van der Waals surface area contributed by atoms with Crippen molar-refractivity contribution in [3.8, 4) is 17.2 Å². The Balaban J connectivity index is 1.92. The average molecular weight is 379 g/mol. The highest BCUT2D eigenvalue weighted by atomic mass is 35.5. The van der Waals surface area contributed by atoms with Crippen molar-refractivity contribution < 1.29 is 24.1 Å². The Bertz CT molecular complexity index is 925. The molecule has 0 unspecified atom stereocenters. The van der Waals surface area contributed by atoms with Crippen LogP contribution in [0.15, 0.2) is 12.3 Å². The van der Waals surface area contributed by atoms with Gasteiger partial charge in [0, 0.05) is 30.3 Å². The zero-order valence-corrected chi connectivity index (χ0v) is 15.6. The number of ketones is 1. The number of aromatic nitrogens is 2. The van der Waals surface area contributed by atoms with Gasteiger partial charge in [-0.3, -0.25) is 9.48 Å². The first-order chi connectivity index (χ1) is 12.4. The van der Waals surface area contributed by atoms with E-state index in [1.807, 2.05) is 14.0 Å². The van der Waals surface area contributed by atoms with Gasteiger partial charge in [-0.15, -0.1) is 0 Å². The summed E-state index contributed by atoms with van der Waals surface area (Å²) < 4.78 is 18.5. The maximum atomic E-state index is 13.5. The SMILES string of the molecule is COc1cc(OC)c2c(c1Cl)O[C@@]1(C2=O)[C@H](C)Cc2c(cnn2C)[C@@H]1O. The Morgan fingerprint density at radius 3 is 2.73 bits per heavy atom. The van der Waals surface area contributed by atoms with Gasteiger partial charge in [0.1, 0.15) is 28.2 Å². The van der Waals surface area contributed by atoms with Crippen LogP contribution >= 0.6 is 11.6 Å². The molecule has 7 nitrogen and oxygen atoms in total. The summed E-state index contributed by atoms with van der Waals surface area (Å²) in [5.41, 5.74) is 0.241. The summed E-state index contributed by atoms with van der Waals surface area (Å²) in [7, 11) is 4.74. The number of aliphatic hydroxyl groups excluding tert-OH is 1. The third-order valence-corrected chi connectivity index (χ3v) is 5.83. The van der Waals surface area contributed by atoms with Gasteiger partial charge < -0.3 is 19.3 Å². The average Bonchev–Trinajstić information content (AvgIpc) is 3.14. The summed E-state index contributed by atoms with van der Waals surface area (Å²) in [5, 5.41) is 15.5. The van der Waals surface area contributed by atoms with Gasteiger partial charge in [-0.25, -0.2) is 0 Å². The highest BCUT2D eigenvalue weighted by Crippen LogP contribution is 2.56. The Hall–Kier alpha value is -2.25. The summed E-state index contributed by atoms with van der Waals surface area (Å²) >= 11 is 6.39. The number of hydrogen-bond acceptors (Lipinski definition) is 6. The molecule has 1 aromatic carbocycles. The van der Waals surface area contributed by atoms with E-state index in [1.165, 1.54) is 14.2 Å². The Morgan fingerprint density at radius 1 is 1.38 bits per heavy atom. The molecule has 1 aliphatic heterocycles. The summed E-state index contributed by atoms with van der Waals surface area (Å²) in [5.74, 6) is 0.188. The smallest absolute Gasteiger partial charge is 0.217 e. The van der Waals surface area contributed by atoms with Gasteiger partial charge in [0.15, 0.2) is 5.75 Å². The first kappa shape index (κ1) is 17.2. The second-order valence-electron chi connectivity index (χ2n) is 6.70. The fourth-order valence-electron chi connectivity index (χ4n) is 4.02. The van der Waals surface area contributed by atoms with E-state index < -0.39 is 11.7 Å². The zero-order chi connectivity index (χ0) is 18.8. The van der Waals surface area contributed by atoms with Gasteiger partial charge in [0.25, 0.3) is 0 Å². The van der Waals surface area contributed by atoms with Crippen molar-refractivity contribution in [1.82, 2.24) is 9.78 Å². The molecule has 2 aromatic rings. The van der Waals surface area contributed by atoms with Gasteiger partial charge in [-0.05, 0) is 6.42 Å². The lowest BCUT2D eigenvalue weighted by Crippen LogP contribution is -2.54. The number of methoxy groups -OCH3 is 2. The van der Waals surface area contributed by atoms with E-state index >= 15 is 0 Å². The Kier molecular flexibility index (Phi) is 3.71. The van der Waals surface area contributed by atoms with Crippen molar-refractivity contribution in [2.45, 2.75) is 25.0 Å². The van der Waals surface area contributed by atoms with E-state index in [4.69, 9.17) is 25.8 Å². The second-order valence-corrected chi connectivity index (χ2v) is 7.08. The Labute approximate surface area is 155 Å². The second kappa shape index (κ2) is 5.62. The molecule has 2 aliphatic rings. The van der Waals surface area contributed by atoms with Crippen LogP contribution in [-0.2, 0) is 13.5 Å². The van der Waals surface area contributed by atoms with Crippen LogP contribution in [0.4, 0.5) is 0 Å². The number of carbonyl (C=O) groups excluding carboxylic acids is 1. The molecule has 138 valence electrons. The fraction of sp³-hybridized carbons (Fsp3) is 0.444. The maximum absolute atomic E-state index is 13.5. The molecule has 0 amide bonds. The minimum atomic E-state index is -1.47. The number of carbonyl (C=O) groups is 1. The predicted octanol–water partition coefficient (Wildman–Crippen LogP) is 2.33. The number of ether oxygens (including phenoxy) is 3. The van der Waals surface area contributed by atoms with Crippen molar-refractivity contribution in [2.24, 2.45) is 13.0 Å². The molecule has 3 atom stereocenters. The molecule has 0 bridgehead atoms. The van der Waals surface area contributed by atoms with Crippen LogP contribution < -0.4 is 14.2 Å². The standard InChI is InChI=1S/C18H19ClN2O5/c1-8-5-10-9(7-20-21(10)2)16(22)18(8)17(23)13-11(24-3)6-12(25-4)14(19)15(13)26-18/h6-8,16,22H,5H2,1-4H3/t8-,16+,18+/m1/s1. The number of aliphatic hydroxyl groups is 1. The summed E-state index contributed by atoms with van der Waals surface area (Å²) in [4.78, 5) is 13.5. The van der Waals surface area contributed by atoms with E-state index in [0.29, 0.717) is 23.5 Å². The van der Waals surface area contributed by atoms with Crippen molar-refractivity contribution in [2.75, 3.05) is 14.2 Å². The number of nitrogens with zero attached hydrogens (tertiary/aromatic N) is 2. The van der Waals surface area contributed by atoms with Crippen LogP contribution in [-0.4, -0.2) is 40.5 Å². The zero-order valence-electron chi connectivity index (χ0n) is 14.9. The molecule has 1 spiro atoms. The molecular formula is C18H19ClN2O5. The predicted molar refractivity (Wildman–Crippen MR) is 93.3 cm³/mol. The molecule has 8 heteroatoms.